The van der Waals surface area contributed by atoms with Crippen molar-refractivity contribution in [2.24, 2.45) is 0 Å². The number of rotatable bonds is 5. The van der Waals surface area contributed by atoms with Gasteiger partial charge < -0.3 is 0 Å². The summed E-state index contributed by atoms with van der Waals surface area (Å²) in [5.74, 6) is 0. The lowest BCUT2D eigenvalue weighted by Gasteiger charge is -2.20. The number of aromatic nitrogens is 2. The molecule has 0 radical (unpaired) electrons. The van der Waals surface area contributed by atoms with Crippen molar-refractivity contribution in [2.75, 3.05) is 0 Å². The summed E-state index contributed by atoms with van der Waals surface area (Å²) in [6.45, 7) is 0. The van der Waals surface area contributed by atoms with Crippen LogP contribution in [0.2, 0.25) is 0 Å². The Bertz CT molecular complexity index is 2200. The van der Waals surface area contributed by atoms with Gasteiger partial charge in [-0.3, -0.25) is 9.97 Å². The molecular weight excluding hydrogens is 532 g/mol. The predicted octanol–water partition coefficient (Wildman–Crippen LogP) is 11.1. The zero-order valence-electron chi connectivity index (χ0n) is 24.1. The van der Waals surface area contributed by atoms with Crippen LogP contribution < -0.4 is 0 Å². The maximum atomic E-state index is 4.64. The molecule has 0 unspecified atom stereocenters. The molecule has 0 spiro atoms. The van der Waals surface area contributed by atoms with E-state index in [-0.39, 0.29) is 0 Å². The number of hydrogen-bond donors (Lipinski definition) is 0. The third-order valence-corrected chi connectivity index (χ3v) is 8.39. The van der Waals surface area contributed by atoms with Gasteiger partial charge in [0.15, 0.2) is 0 Å². The molecule has 0 saturated carbocycles. The van der Waals surface area contributed by atoms with E-state index in [2.05, 4.69) is 149 Å². The van der Waals surface area contributed by atoms with Crippen LogP contribution in [-0.2, 0) is 0 Å². The largest absolute Gasteiger partial charge is 0.255 e. The minimum Gasteiger partial charge on any atom is -0.255 e. The summed E-state index contributed by atoms with van der Waals surface area (Å²) in [5, 5.41) is 4.97. The quantitative estimate of drug-likeness (QED) is 0.196. The van der Waals surface area contributed by atoms with Crippen molar-refractivity contribution in [1.82, 2.24) is 9.97 Å². The molecule has 2 nitrogen and oxygen atoms in total. The lowest BCUT2D eigenvalue weighted by atomic mass is 9.83. The molecule has 0 fully saturated rings. The third-order valence-electron chi connectivity index (χ3n) is 8.39. The van der Waals surface area contributed by atoms with Crippen LogP contribution in [0.25, 0.3) is 77.4 Å². The van der Waals surface area contributed by atoms with Crippen LogP contribution in [0, 0.1) is 0 Å². The number of fused-ring (bicyclic) bond motifs is 2. The second-order valence-corrected chi connectivity index (χ2v) is 11.0. The van der Waals surface area contributed by atoms with Crippen molar-refractivity contribution >= 4 is 21.5 Å². The molecule has 8 aromatic rings. The molecule has 0 amide bonds. The van der Waals surface area contributed by atoms with Gasteiger partial charge in [-0.25, -0.2) is 0 Å². The molecule has 0 aliphatic rings. The van der Waals surface area contributed by atoms with Crippen molar-refractivity contribution < 1.29 is 0 Å². The lowest BCUT2D eigenvalue weighted by molar-refractivity contribution is 1.25. The normalized spacial score (nSPS) is 11.2. The minimum atomic E-state index is 0.861. The van der Waals surface area contributed by atoms with Gasteiger partial charge in [-0.1, -0.05) is 127 Å². The fraction of sp³-hybridized carbons (Fsp3) is 0. The summed E-state index contributed by atoms with van der Waals surface area (Å²) >= 11 is 0. The van der Waals surface area contributed by atoms with E-state index in [0.29, 0.717) is 0 Å². The van der Waals surface area contributed by atoms with Crippen LogP contribution in [0.3, 0.4) is 0 Å². The smallest absolute Gasteiger partial charge is 0.0892 e. The van der Waals surface area contributed by atoms with Crippen LogP contribution in [-0.4, -0.2) is 9.97 Å². The zero-order chi connectivity index (χ0) is 29.3. The Balaban J connectivity index is 1.44. The van der Waals surface area contributed by atoms with Gasteiger partial charge in [0, 0.05) is 12.4 Å². The lowest BCUT2D eigenvalue weighted by Crippen LogP contribution is -1.94. The molecule has 0 saturated heterocycles. The molecule has 0 bridgehead atoms. The van der Waals surface area contributed by atoms with Gasteiger partial charge in [0.25, 0.3) is 0 Å². The highest BCUT2D eigenvalue weighted by molar-refractivity contribution is 6.22. The molecule has 2 heterocycles. The van der Waals surface area contributed by atoms with Gasteiger partial charge in [-0.15, -0.1) is 0 Å². The highest BCUT2D eigenvalue weighted by Crippen LogP contribution is 2.46. The first-order valence-corrected chi connectivity index (χ1v) is 14.9. The molecule has 2 aromatic heterocycles. The van der Waals surface area contributed by atoms with Gasteiger partial charge in [-0.05, 0) is 96.4 Å². The Hall–Kier alpha value is -5.86. The van der Waals surface area contributed by atoms with E-state index in [0.717, 1.165) is 22.5 Å². The maximum absolute atomic E-state index is 4.64. The topological polar surface area (TPSA) is 25.8 Å². The Morgan fingerprint density at radius 1 is 0.295 bits per heavy atom. The summed E-state index contributed by atoms with van der Waals surface area (Å²) in [4.78, 5) is 9.18. The van der Waals surface area contributed by atoms with Crippen LogP contribution in [0.4, 0.5) is 0 Å². The maximum Gasteiger partial charge on any atom is 0.0892 e. The predicted molar refractivity (Wildman–Crippen MR) is 184 cm³/mol. The average molecular weight is 561 g/mol. The van der Waals surface area contributed by atoms with E-state index in [4.69, 9.17) is 0 Å². The van der Waals surface area contributed by atoms with Gasteiger partial charge in [0.05, 0.1) is 11.4 Å². The first-order valence-electron chi connectivity index (χ1n) is 14.9. The van der Waals surface area contributed by atoms with E-state index in [9.17, 15) is 0 Å². The minimum absolute atomic E-state index is 0.861. The van der Waals surface area contributed by atoms with Gasteiger partial charge in [0.2, 0.25) is 0 Å². The Labute approximate surface area is 257 Å². The van der Waals surface area contributed by atoms with Crippen molar-refractivity contribution in [3.05, 3.63) is 170 Å². The molecule has 2 heteroatoms. The van der Waals surface area contributed by atoms with Crippen LogP contribution >= 0.6 is 0 Å². The number of pyridine rings is 2. The summed E-state index contributed by atoms with van der Waals surface area (Å²) in [6.07, 6.45) is 3.69. The zero-order valence-corrected chi connectivity index (χ0v) is 24.1. The highest BCUT2D eigenvalue weighted by Gasteiger charge is 2.19. The first-order chi connectivity index (χ1) is 21.8. The molecule has 206 valence electrons. The Morgan fingerprint density at radius 3 is 1.48 bits per heavy atom. The van der Waals surface area contributed by atoms with Crippen molar-refractivity contribution in [2.45, 2.75) is 0 Å². The monoisotopic (exact) mass is 560 g/mol. The fourth-order valence-electron chi connectivity index (χ4n) is 6.40. The Morgan fingerprint density at radius 2 is 0.841 bits per heavy atom. The van der Waals surface area contributed by atoms with Gasteiger partial charge >= 0.3 is 0 Å². The van der Waals surface area contributed by atoms with E-state index in [1.807, 2.05) is 30.6 Å². The van der Waals surface area contributed by atoms with Gasteiger partial charge in [-0.2, -0.15) is 0 Å². The SMILES string of the molecule is c1ccc(-c2ccc(-c3ccnc(-c4ccccn4)c3)cc2-c2c3ccccc3c(-c3ccccc3)c3ccccc23)cc1. The van der Waals surface area contributed by atoms with E-state index >= 15 is 0 Å². The highest BCUT2D eigenvalue weighted by atomic mass is 14.8. The summed E-state index contributed by atoms with van der Waals surface area (Å²) in [5.41, 5.74) is 11.3. The molecule has 8 rings (SSSR count). The first kappa shape index (κ1) is 25.8. The average Bonchev–Trinajstić information content (AvgIpc) is 3.11. The fourth-order valence-corrected chi connectivity index (χ4v) is 6.40. The molecule has 0 atom stereocenters. The van der Waals surface area contributed by atoms with Crippen LogP contribution in [0.5, 0.6) is 0 Å². The summed E-state index contributed by atoms with van der Waals surface area (Å²) in [6, 6.07) is 56.2. The molecule has 44 heavy (non-hydrogen) atoms. The molecule has 0 aliphatic carbocycles. The van der Waals surface area contributed by atoms with Crippen molar-refractivity contribution in [1.29, 1.82) is 0 Å². The van der Waals surface area contributed by atoms with E-state index in [1.165, 1.54) is 54.9 Å². The van der Waals surface area contributed by atoms with E-state index < -0.39 is 0 Å². The third kappa shape index (κ3) is 4.54. The number of hydrogen-bond acceptors (Lipinski definition) is 2. The van der Waals surface area contributed by atoms with Gasteiger partial charge in [0.1, 0.15) is 0 Å². The number of benzene rings is 6. The molecule has 6 aromatic carbocycles. The standard InChI is InChI=1S/C42H28N2/c1-3-13-29(14-4-1)33-23-22-31(32-24-26-44-40(28-32)39-21-11-12-25-43-39)27-38(33)42-36-19-9-7-17-34(36)41(30-15-5-2-6-16-30)35-18-8-10-20-37(35)42/h1-28H. The Kier molecular flexibility index (Phi) is 6.51. The van der Waals surface area contributed by atoms with Crippen LogP contribution in [0.1, 0.15) is 0 Å². The summed E-state index contributed by atoms with van der Waals surface area (Å²) in [7, 11) is 0. The second-order valence-electron chi connectivity index (χ2n) is 11.0. The van der Waals surface area contributed by atoms with Crippen LogP contribution in [0.15, 0.2) is 170 Å². The summed E-state index contributed by atoms with van der Waals surface area (Å²) < 4.78 is 0. The molecular formula is C42H28N2. The second kappa shape index (κ2) is 11.1. The molecule has 0 N–H and O–H groups in total. The van der Waals surface area contributed by atoms with Crippen molar-refractivity contribution in [3.63, 3.8) is 0 Å². The van der Waals surface area contributed by atoms with E-state index in [1.54, 1.807) is 0 Å². The van der Waals surface area contributed by atoms with Crippen molar-refractivity contribution in [3.8, 4) is 55.9 Å². The number of nitrogens with zero attached hydrogens (tertiary/aromatic N) is 2. The molecule has 0 aliphatic heterocycles.